The second-order valence-corrected chi connectivity index (χ2v) is 8.15. The van der Waals surface area contributed by atoms with E-state index >= 15 is 0 Å². The largest absolute Gasteiger partial charge is 0.323 e. The highest BCUT2D eigenvalue weighted by Crippen LogP contribution is 2.31. The van der Waals surface area contributed by atoms with Crippen LogP contribution in [0.3, 0.4) is 0 Å². The van der Waals surface area contributed by atoms with Crippen LogP contribution in [-0.2, 0) is 15.4 Å². The molecule has 134 valence electrons. The van der Waals surface area contributed by atoms with E-state index in [9.17, 15) is 17.6 Å². The predicted molar refractivity (Wildman–Crippen MR) is 95.6 cm³/mol. The van der Waals surface area contributed by atoms with Crippen LogP contribution >= 0.6 is 0 Å². The lowest BCUT2D eigenvalue weighted by Gasteiger charge is -2.23. The number of nitrogens with two attached hydrogens (primary N) is 1. The van der Waals surface area contributed by atoms with Crippen LogP contribution in [0.2, 0.25) is 0 Å². The number of halogens is 1. The van der Waals surface area contributed by atoms with Crippen molar-refractivity contribution >= 4 is 27.4 Å². The summed E-state index contributed by atoms with van der Waals surface area (Å²) in [6, 6.07) is 9.12. The van der Waals surface area contributed by atoms with Gasteiger partial charge in [-0.05, 0) is 41.3 Å². The lowest BCUT2D eigenvalue weighted by Crippen LogP contribution is -2.23. The van der Waals surface area contributed by atoms with Crippen LogP contribution in [0.1, 0.15) is 26.3 Å². The highest BCUT2D eigenvalue weighted by molar-refractivity contribution is 7.89. The van der Waals surface area contributed by atoms with Gasteiger partial charge >= 0.3 is 6.03 Å². The van der Waals surface area contributed by atoms with Gasteiger partial charge in [0, 0.05) is 11.4 Å². The second kappa shape index (κ2) is 6.81. The Kier molecular flexibility index (Phi) is 5.15. The van der Waals surface area contributed by atoms with E-state index in [-0.39, 0.29) is 16.0 Å². The fraction of sp³-hybridized carbons (Fsp3) is 0.235. The zero-order valence-corrected chi connectivity index (χ0v) is 14.9. The first-order valence-electron chi connectivity index (χ1n) is 7.48. The minimum Gasteiger partial charge on any atom is -0.308 e. The first kappa shape index (κ1) is 18.9. The smallest absolute Gasteiger partial charge is 0.308 e. The summed E-state index contributed by atoms with van der Waals surface area (Å²) in [5.41, 5.74) is 0.970. The molecule has 4 N–H and O–H groups in total. The van der Waals surface area contributed by atoms with Crippen molar-refractivity contribution in [2.24, 2.45) is 5.14 Å². The number of benzene rings is 2. The molecule has 0 atom stereocenters. The Morgan fingerprint density at radius 3 is 2.32 bits per heavy atom. The van der Waals surface area contributed by atoms with Crippen LogP contribution in [0.4, 0.5) is 20.6 Å². The SMILES string of the molecule is CC(C)(C)c1ccc(S(N)(=O)=O)cc1NC(=O)Nc1cccc(F)c1. The Morgan fingerprint density at radius 2 is 1.76 bits per heavy atom. The van der Waals surface area contributed by atoms with Crippen LogP contribution in [0.15, 0.2) is 47.4 Å². The van der Waals surface area contributed by atoms with Gasteiger partial charge < -0.3 is 10.6 Å². The van der Waals surface area contributed by atoms with Gasteiger partial charge in [-0.1, -0.05) is 32.9 Å². The number of carbonyl (C=O) groups excluding carboxylic acids is 1. The number of sulfonamides is 1. The fourth-order valence-corrected chi connectivity index (χ4v) is 2.85. The Labute approximate surface area is 146 Å². The zero-order valence-electron chi connectivity index (χ0n) is 14.1. The molecule has 0 aliphatic rings. The summed E-state index contributed by atoms with van der Waals surface area (Å²) in [4.78, 5) is 12.1. The van der Waals surface area contributed by atoms with E-state index in [4.69, 9.17) is 5.14 Å². The number of hydrogen-bond acceptors (Lipinski definition) is 3. The molecule has 2 aromatic rings. The summed E-state index contributed by atoms with van der Waals surface area (Å²) in [6.45, 7) is 5.78. The molecule has 0 aromatic heterocycles. The molecule has 0 radical (unpaired) electrons. The summed E-state index contributed by atoms with van der Waals surface area (Å²) >= 11 is 0. The minimum atomic E-state index is -3.91. The molecular weight excluding hydrogens is 345 g/mol. The van der Waals surface area contributed by atoms with Crippen molar-refractivity contribution in [2.45, 2.75) is 31.1 Å². The normalized spacial score (nSPS) is 11.9. The number of hydrogen-bond donors (Lipinski definition) is 3. The molecule has 0 aliphatic carbocycles. The molecule has 8 heteroatoms. The maximum absolute atomic E-state index is 13.2. The Morgan fingerprint density at radius 1 is 1.08 bits per heavy atom. The molecule has 0 heterocycles. The van der Waals surface area contributed by atoms with Gasteiger partial charge in [0.05, 0.1) is 4.90 Å². The van der Waals surface area contributed by atoms with Crippen molar-refractivity contribution in [2.75, 3.05) is 10.6 Å². The van der Waals surface area contributed by atoms with E-state index in [1.165, 1.54) is 36.4 Å². The van der Waals surface area contributed by atoms with Gasteiger partial charge in [0.2, 0.25) is 10.0 Å². The molecule has 0 bridgehead atoms. The molecule has 0 spiro atoms. The van der Waals surface area contributed by atoms with Crippen LogP contribution in [-0.4, -0.2) is 14.4 Å². The van der Waals surface area contributed by atoms with Crippen LogP contribution < -0.4 is 15.8 Å². The van der Waals surface area contributed by atoms with Gasteiger partial charge in [0.15, 0.2) is 0 Å². The van der Waals surface area contributed by atoms with E-state index in [2.05, 4.69) is 10.6 Å². The average Bonchev–Trinajstić information content (AvgIpc) is 2.44. The summed E-state index contributed by atoms with van der Waals surface area (Å²) in [5.74, 6) is -0.482. The number of amides is 2. The number of urea groups is 1. The van der Waals surface area contributed by atoms with Crippen molar-refractivity contribution in [3.63, 3.8) is 0 Å². The summed E-state index contributed by atoms with van der Waals surface area (Å²) in [6.07, 6.45) is 0. The number of carbonyl (C=O) groups is 1. The quantitative estimate of drug-likeness (QED) is 0.777. The lowest BCUT2D eigenvalue weighted by molar-refractivity contribution is 0.262. The number of rotatable bonds is 3. The number of primary sulfonamides is 1. The van der Waals surface area contributed by atoms with Crippen LogP contribution in [0.25, 0.3) is 0 Å². The minimum absolute atomic E-state index is 0.110. The topological polar surface area (TPSA) is 101 Å². The van der Waals surface area contributed by atoms with E-state index in [1.54, 1.807) is 6.07 Å². The van der Waals surface area contributed by atoms with Gasteiger partial charge in [-0.15, -0.1) is 0 Å². The molecule has 2 aromatic carbocycles. The van der Waals surface area contributed by atoms with Gasteiger partial charge in [-0.2, -0.15) is 0 Å². The lowest BCUT2D eigenvalue weighted by atomic mass is 9.86. The van der Waals surface area contributed by atoms with E-state index < -0.39 is 21.9 Å². The van der Waals surface area contributed by atoms with Gasteiger partial charge in [0.25, 0.3) is 0 Å². The predicted octanol–water partition coefficient (Wildman–Crippen LogP) is 3.41. The summed E-state index contributed by atoms with van der Waals surface area (Å²) in [5, 5.41) is 10.3. The molecule has 0 aliphatic heterocycles. The third-order valence-electron chi connectivity index (χ3n) is 3.46. The van der Waals surface area contributed by atoms with E-state index in [0.29, 0.717) is 5.69 Å². The van der Waals surface area contributed by atoms with Crippen molar-refractivity contribution in [3.8, 4) is 0 Å². The summed E-state index contributed by atoms with van der Waals surface area (Å²) in [7, 11) is -3.91. The van der Waals surface area contributed by atoms with Gasteiger partial charge in [-0.3, -0.25) is 0 Å². The van der Waals surface area contributed by atoms with E-state index in [1.807, 2.05) is 20.8 Å². The standard InChI is InChI=1S/C17H20FN3O3S/c1-17(2,3)14-8-7-13(25(19,23)24)10-15(14)21-16(22)20-12-6-4-5-11(18)9-12/h4-10H,1-3H3,(H2,19,23,24)(H2,20,21,22). The van der Waals surface area contributed by atoms with Gasteiger partial charge in [0.1, 0.15) is 5.82 Å². The van der Waals surface area contributed by atoms with Gasteiger partial charge in [-0.25, -0.2) is 22.7 Å². The molecule has 0 fully saturated rings. The highest BCUT2D eigenvalue weighted by Gasteiger charge is 2.21. The van der Waals surface area contributed by atoms with Crippen molar-refractivity contribution < 1.29 is 17.6 Å². The molecule has 25 heavy (non-hydrogen) atoms. The molecule has 0 unspecified atom stereocenters. The maximum Gasteiger partial charge on any atom is 0.323 e. The molecule has 0 saturated heterocycles. The van der Waals surface area contributed by atoms with E-state index in [0.717, 1.165) is 5.56 Å². The Hall–Kier alpha value is -2.45. The Balaban J connectivity index is 2.34. The fourth-order valence-electron chi connectivity index (χ4n) is 2.31. The van der Waals surface area contributed by atoms with Crippen LogP contribution in [0, 0.1) is 5.82 Å². The summed E-state index contributed by atoms with van der Waals surface area (Å²) < 4.78 is 36.3. The number of nitrogens with one attached hydrogen (secondary N) is 2. The molecule has 2 rings (SSSR count). The first-order valence-corrected chi connectivity index (χ1v) is 9.02. The maximum atomic E-state index is 13.2. The van der Waals surface area contributed by atoms with Crippen molar-refractivity contribution in [3.05, 3.63) is 53.8 Å². The molecule has 2 amide bonds. The third kappa shape index (κ3) is 5.01. The molecule has 0 saturated carbocycles. The monoisotopic (exact) mass is 365 g/mol. The van der Waals surface area contributed by atoms with Crippen molar-refractivity contribution in [1.29, 1.82) is 0 Å². The molecule has 6 nitrogen and oxygen atoms in total. The average molecular weight is 365 g/mol. The third-order valence-corrected chi connectivity index (χ3v) is 4.37. The van der Waals surface area contributed by atoms with Crippen molar-refractivity contribution in [1.82, 2.24) is 0 Å². The Bertz CT molecular complexity index is 906. The number of anilines is 2. The molecular formula is C17H20FN3O3S. The highest BCUT2D eigenvalue weighted by atomic mass is 32.2. The zero-order chi connectivity index (χ0) is 18.8. The first-order chi connectivity index (χ1) is 11.5. The second-order valence-electron chi connectivity index (χ2n) is 6.59. The van der Waals surface area contributed by atoms with Crippen LogP contribution in [0.5, 0.6) is 0 Å².